The lowest BCUT2D eigenvalue weighted by atomic mass is 9.96. The number of hydrogen-bond acceptors (Lipinski definition) is 3. The first-order valence-corrected chi connectivity index (χ1v) is 8.94. The number of nitrogens with zero attached hydrogens (tertiary/aromatic N) is 3. The molecule has 0 unspecified atom stereocenters. The van der Waals surface area contributed by atoms with Crippen molar-refractivity contribution in [2.45, 2.75) is 50.9 Å². The summed E-state index contributed by atoms with van der Waals surface area (Å²) in [5.41, 5.74) is -0.175. The first-order valence-electron chi connectivity index (χ1n) is 8.53. The third kappa shape index (κ3) is 5.17. The van der Waals surface area contributed by atoms with E-state index >= 15 is 0 Å². The zero-order valence-electron chi connectivity index (χ0n) is 14.1. The van der Waals surface area contributed by atoms with Crippen LogP contribution in [0.3, 0.4) is 0 Å². The summed E-state index contributed by atoms with van der Waals surface area (Å²) >= 11 is 5.28. The monoisotopic (exact) mass is 383 g/mol. The van der Waals surface area contributed by atoms with Gasteiger partial charge in [0, 0.05) is 6.04 Å². The second kappa shape index (κ2) is 8.03. The maximum Gasteiger partial charge on any atom is 0.416 e. The predicted octanol–water partition coefficient (Wildman–Crippen LogP) is 3.96. The summed E-state index contributed by atoms with van der Waals surface area (Å²) in [5.74, 6) is 0.324. The average Bonchev–Trinajstić information content (AvgIpc) is 3.02. The van der Waals surface area contributed by atoms with Gasteiger partial charge in [0.15, 0.2) is 5.11 Å². The van der Waals surface area contributed by atoms with Crippen LogP contribution >= 0.6 is 12.2 Å². The number of hydrogen-bond donors (Lipinski definition) is 2. The van der Waals surface area contributed by atoms with E-state index in [9.17, 15) is 13.2 Å². The molecule has 2 N–H and O–H groups in total. The van der Waals surface area contributed by atoms with E-state index in [1.165, 1.54) is 36.3 Å². The summed E-state index contributed by atoms with van der Waals surface area (Å²) in [4.78, 5) is 4.11. The second-order valence-electron chi connectivity index (χ2n) is 6.40. The lowest BCUT2D eigenvalue weighted by Crippen LogP contribution is -2.39. The normalized spacial score (nSPS) is 15.7. The topological polar surface area (TPSA) is 54.8 Å². The van der Waals surface area contributed by atoms with E-state index in [-0.39, 0.29) is 6.54 Å². The Morgan fingerprint density at radius 3 is 2.73 bits per heavy atom. The Morgan fingerprint density at radius 2 is 2.00 bits per heavy atom. The number of alkyl halides is 3. The van der Waals surface area contributed by atoms with Gasteiger partial charge in [-0.25, -0.2) is 9.67 Å². The molecule has 9 heteroatoms. The number of nitrogens with one attached hydrogen (secondary N) is 2. The van der Waals surface area contributed by atoms with Gasteiger partial charge in [-0.1, -0.05) is 31.4 Å². The maximum absolute atomic E-state index is 12.8. The summed E-state index contributed by atoms with van der Waals surface area (Å²) in [5, 5.41) is 10.9. The molecule has 0 radical (unpaired) electrons. The largest absolute Gasteiger partial charge is 0.416 e. The number of halogens is 3. The minimum Gasteiger partial charge on any atom is -0.360 e. The van der Waals surface area contributed by atoms with Crippen molar-refractivity contribution in [3.05, 3.63) is 41.7 Å². The van der Waals surface area contributed by atoms with Crippen molar-refractivity contribution in [1.29, 1.82) is 0 Å². The van der Waals surface area contributed by atoms with E-state index in [0.29, 0.717) is 22.7 Å². The molecule has 0 aliphatic heterocycles. The Bertz CT molecular complexity index is 753. The minimum atomic E-state index is -4.36. The zero-order chi connectivity index (χ0) is 18.6. The van der Waals surface area contributed by atoms with Gasteiger partial charge in [-0.2, -0.15) is 13.2 Å². The fourth-order valence-corrected chi connectivity index (χ4v) is 3.29. The highest BCUT2D eigenvalue weighted by Crippen LogP contribution is 2.29. The Balaban J connectivity index is 1.57. The SMILES string of the molecule is FC(F)(F)c1cccc(Cn2cnc(NC(=S)NC3CCCCC3)n2)c1. The van der Waals surface area contributed by atoms with Gasteiger partial charge >= 0.3 is 6.18 Å². The molecule has 0 saturated heterocycles. The van der Waals surface area contributed by atoms with Gasteiger partial charge in [0.1, 0.15) is 6.33 Å². The van der Waals surface area contributed by atoms with E-state index in [1.807, 2.05) is 0 Å². The fraction of sp³-hybridized carbons (Fsp3) is 0.471. The molecule has 1 saturated carbocycles. The Labute approximate surface area is 155 Å². The molecule has 0 bridgehead atoms. The summed E-state index contributed by atoms with van der Waals surface area (Å²) in [6.07, 6.45) is 2.96. The molecule has 0 spiro atoms. The van der Waals surface area contributed by atoms with Crippen LogP contribution in [-0.2, 0) is 12.7 Å². The molecule has 2 aromatic rings. The first kappa shape index (κ1) is 18.6. The van der Waals surface area contributed by atoms with Crippen LogP contribution < -0.4 is 10.6 Å². The third-order valence-corrected chi connectivity index (χ3v) is 4.52. The van der Waals surface area contributed by atoms with Gasteiger partial charge in [0.25, 0.3) is 0 Å². The molecule has 1 aliphatic carbocycles. The second-order valence-corrected chi connectivity index (χ2v) is 6.81. The van der Waals surface area contributed by atoms with Crippen LogP contribution in [0.4, 0.5) is 19.1 Å². The van der Waals surface area contributed by atoms with E-state index in [0.717, 1.165) is 25.0 Å². The van der Waals surface area contributed by atoms with Crippen molar-refractivity contribution in [3.8, 4) is 0 Å². The average molecular weight is 383 g/mol. The van der Waals surface area contributed by atoms with Gasteiger partial charge in [-0.05, 0) is 42.8 Å². The van der Waals surface area contributed by atoms with Crippen molar-refractivity contribution in [3.63, 3.8) is 0 Å². The quantitative estimate of drug-likeness (QED) is 0.783. The Kier molecular flexibility index (Phi) is 5.75. The Morgan fingerprint density at radius 1 is 1.23 bits per heavy atom. The molecule has 5 nitrogen and oxygen atoms in total. The molecule has 3 rings (SSSR count). The molecule has 0 atom stereocenters. The minimum absolute atomic E-state index is 0.196. The molecule has 0 amide bonds. The summed E-state index contributed by atoms with van der Waals surface area (Å²) in [6.45, 7) is 0.196. The number of rotatable bonds is 4. The summed E-state index contributed by atoms with van der Waals surface area (Å²) in [7, 11) is 0. The van der Waals surface area contributed by atoms with Gasteiger partial charge in [0.2, 0.25) is 5.95 Å². The number of anilines is 1. The molecule has 1 aliphatic rings. The van der Waals surface area contributed by atoms with Crippen molar-refractivity contribution in [1.82, 2.24) is 20.1 Å². The Hall–Kier alpha value is -2.16. The lowest BCUT2D eigenvalue weighted by Gasteiger charge is -2.23. The van der Waals surface area contributed by atoms with E-state index in [4.69, 9.17) is 12.2 Å². The molecular weight excluding hydrogens is 363 g/mol. The molecule has 1 fully saturated rings. The molecule has 1 aromatic heterocycles. The summed E-state index contributed by atoms with van der Waals surface area (Å²) in [6, 6.07) is 5.55. The first-order chi connectivity index (χ1) is 12.4. The van der Waals surface area contributed by atoms with Crippen LogP contribution in [0.1, 0.15) is 43.2 Å². The standard InChI is InChI=1S/C17H20F3N5S/c18-17(19,20)13-6-4-5-12(9-13)10-25-11-21-15(24-25)23-16(26)22-14-7-2-1-3-8-14/h4-6,9,11,14H,1-3,7-8,10H2,(H2,22,23,24,26). The smallest absolute Gasteiger partial charge is 0.360 e. The van der Waals surface area contributed by atoms with Crippen molar-refractivity contribution >= 4 is 23.3 Å². The van der Waals surface area contributed by atoms with Gasteiger partial charge in [-0.3, -0.25) is 5.32 Å². The molecular formula is C17H20F3N5S. The van der Waals surface area contributed by atoms with Gasteiger partial charge in [0.05, 0.1) is 12.1 Å². The van der Waals surface area contributed by atoms with Crippen LogP contribution in [0.25, 0.3) is 0 Å². The predicted molar refractivity (Wildman–Crippen MR) is 96.8 cm³/mol. The molecule has 1 heterocycles. The lowest BCUT2D eigenvalue weighted by molar-refractivity contribution is -0.137. The van der Waals surface area contributed by atoms with Crippen molar-refractivity contribution in [2.24, 2.45) is 0 Å². The molecule has 26 heavy (non-hydrogen) atoms. The van der Waals surface area contributed by atoms with Gasteiger partial charge < -0.3 is 5.32 Å². The van der Waals surface area contributed by atoms with Crippen LogP contribution in [0.15, 0.2) is 30.6 Å². The number of aromatic nitrogens is 3. The number of thiocarbonyl (C=S) groups is 1. The zero-order valence-corrected chi connectivity index (χ0v) is 14.9. The highest BCUT2D eigenvalue weighted by Gasteiger charge is 2.30. The number of benzene rings is 1. The molecule has 1 aromatic carbocycles. The van der Waals surface area contributed by atoms with Crippen LogP contribution in [-0.4, -0.2) is 25.9 Å². The van der Waals surface area contributed by atoms with Crippen LogP contribution in [0, 0.1) is 0 Å². The highest BCUT2D eigenvalue weighted by molar-refractivity contribution is 7.80. The molecule has 140 valence electrons. The van der Waals surface area contributed by atoms with Crippen LogP contribution in [0.5, 0.6) is 0 Å². The van der Waals surface area contributed by atoms with E-state index < -0.39 is 11.7 Å². The van der Waals surface area contributed by atoms with E-state index in [2.05, 4.69) is 20.7 Å². The van der Waals surface area contributed by atoms with Crippen molar-refractivity contribution in [2.75, 3.05) is 5.32 Å². The highest BCUT2D eigenvalue weighted by atomic mass is 32.1. The van der Waals surface area contributed by atoms with Gasteiger partial charge in [-0.15, -0.1) is 5.10 Å². The van der Waals surface area contributed by atoms with Crippen molar-refractivity contribution < 1.29 is 13.2 Å². The maximum atomic E-state index is 12.8. The fourth-order valence-electron chi connectivity index (χ4n) is 3.03. The summed E-state index contributed by atoms with van der Waals surface area (Å²) < 4.78 is 39.8. The third-order valence-electron chi connectivity index (χ3n) is 4.30. The van der Waals surface area contributed by atoms with Crippen LogP contribution in [0.2, 0.25) is 0 Å². The van der Waals surface area contributed by atoms with E-state index in [1.54, 1.807) is 6.07 Å².